The van der Waals surface area contributed by atoms with Crippen molar-refractivity contribution in [1.29, 1.82) is 0 Å². The number of pyridine rings is 1. The van der Waals surface area contributed by atoms with Crippen molar-refractivity contribution in [3.05, 3.63) is 78.5 Å². The summed E-state index contributed by atoms with van der Waals surface area (Å²) in [6.45, 7) is 2.77. The molecule has 1 aromatic heterocycles. The molecule has 0 saturated carbocycles. The highest BCUT2D eigenvalue weighted by Gasteiger charge is 2.52. The van der Waals surface area contributed by atoms with Gasteiger partial charge < -0.3 is 4.90 Å². The Bertz CT molecular complexity index is 1660. The van der Waals surface area contributed by atoms with E-state index in [-0.39, 0.29) is 18.1 Å². The fraction of sp³-hybridized carbons (Fsp3) is 0.208. The Morgan fingerprint density at radius 3 is 2.12 bits per heavy atom. The molecule has 4 rings (SSSR count). The summed E-state index contributed by atoms with van der Waals surface area (Å²) in [4.78, 5) is 31.3. The number of alkyl halides is 3. The minimum Gasteiger partial charge on any atom is -0.305 e. The Morgan fingerprint density at radius 1 is 0.900 bits per heavy atom. The van der Waals surface area contributed by atoms with Crippen molar-refractivity contribution < 1.29 is 39.6 Å². The smallest absolute Gasteiger partial charge is 0.305 e. The summed E-state index contributed by atoms with van der Waals surface area (Å²) in [5.74, 6) is -0.763. The van der Waals surface area contributed by atoms with E-state index in [0.29, 0.717) is 23.4 Å². The van der Waals surface area contributed by atoms with E-state index in [4.69, 9.17) is 0 Å². The Balaban J connectivity index is 1.54. The van der Waals surface area contributed by atoms with E-state index in [0.717, 1.165) is 17.0 Å². The van der Waals surface area contributed by atoms with Gasteiger partial charge in [0.05, 0.1) is 16.3 Å². The summed E-state index contributed by atoms with van der Waals surface area (Å²) in [7, 11) is -9.67. The van der Waals surface area contributed by atoms with E-state index < -0.39 is 47.9 Å². The summed E-state index contributed by atoms with van der Waals surface area (Å²) in [5, 5.41) is 0. The number of anilines is 3. The average Bonchev–Trinajstić information content (AvgIpc) is 3.03. The third-order valence-corrected chi connectivity index (χ3v) is 8.45. The lowest BCUT2D eigenvalue weighted by atomic mass is 10.0. The summed E-state index contributed by atoms with van der Waals surface area (Å²) in [5.41, 5.74) is -6.32. The number of urea groups is 1. The van der Waals surface area contributed by atoms with Crippen LogP contribution in [0.25, 0.3) is 0 Å². The predicted octanol–water partition coefficient (Wildman–Crippen LogP) is 3.89. The average molecular weight is 598 g/mol. The molecule has 0 radical (unpaired) electrons. The lowest BCUT2D eigenvalue weighted by Crippen LogP contribution is -2.43. The van der Waals surface area contributed by atoms with Gasteiger partial charge in [-0.05, 0) is 67.9 Å². The molecule has 0 spiro atoms. The SMILES string of the molecule is CC1(C)C(=O)N(c2ccc(S(=O)(=O)C(F)(F)F)cc2)C(=O)N1Cc1ccnc(NS(=O)(=O)Nc2ccccc2)c1. The van der Waals surface area contributed by atoms with Crippen molar-refractivity contribution in [3.63, 3.8) is 0 Å². The molecule has 3 amide bonds. The molecule has 1 aliphatic rings. The maximum atomic E-state index is 13.3. The normalized spacial score (nSPS) is 15.8. The number of amides is 3. The molecule has 1 saturated heterocycles. The van der Waals surface area contributed by atoms with E-state index in [1.54, 1.807) is 30.3 Å². The van der Waals surface area contributed by atoms with Gasteiger partial charge in [0.15, 0.2) is 0 Å². The third-order valence-electron chi connectivity index (χ3n) is 5.96. The monoisotopic (exact) mass is 597 g/mol. The highest BCUT2D eigenvalue weighted by Crippen LogP contribution is 2.35. The third kappa shape index (κ3) is 5.58. The van der Waals surface area contributed by atoms with Gasteiger partial charge in [0.25, 0.3) is 15.7 Å². The zero-order valence-corrected chi connectivity index (χ0v) is 22.5. The molecule has 16 heteroatoms. The van der Waals surface area contributed by atoms with Crippen molar-refractivity contribution in [1.82, 2.24) is 9.88 Å². The molecular weight excluding hydrogens is 575 g/mol. The molecule has 2 aromatic carbocycles. The van der Waals surface area contributed by atoms with Gasteiger partial charge in [-0.3, -0.25) is 14.2 Å². The Kier molecular flexibility index (Phi) is 7.27. The number of carbonyl (C=O) groups is 2. The van der Waals surface area contributed by atoms with Gasteiger partial charge in [0.2, 0.25) is 0 Å². The topological polar surface area (TPSA) is 146 Å². The van der Waals surface area contributed by atoms with E-state index >= 15 is 0 Å². The highest BCUT2D eigenvalue weighted by molar-refractivity contribution is 7.94. The zero-order chi connectivity index (χ0) is 29.5. The first-order valence-electron chi connectivity index (χ1n) is 11.4. The van der Waals surface area contributed by atoms with E-state index in [1.807, 2.05) is 0 Å². The van der Waals surface area contributed by atoms with Crippen LogP contribution in [0.5, 0.6) is 0 Å². The number of aromatic nitrogens is 1. The molecule has 3 aromatic rings. The molecule has 2 N–H and O–H groups in total. The molecule has 1 fully saturated rings. The molecule has 40 heavy (non-hydrogen) atoms. The number of imide groups is 1. The summed E-state index contributed by atoms with van der Waals surface area (Å²) in [6, 6.07) is 13.4. The number of sulfone groups is 1. The molecule has 212 valence electrons. The maximum Gasteiger partial charge on any atom is 0.501 e. The molecule has 0 atom stereocenters. The number of carbonyl (C=O) groups excluding carboxylic acids is 2. The summed E-state index contributed by atoms with van der Waals surface area (Å²) in [6.07, 6.45) is 1.31. The van der Waals surface area contributed by atoms with Gasteiger partial charge in [-0.15, -0.1) is 0 Å². The quantitative estimate of drug-likeness (QED) is 0.375. The van der Waals surface area contributed by atoms with Crippen molar-refractivity contribution >= 4 is 49.2 Å². The minimum absolute atomic E-state index is 0.0602. The van der Waals surface area contributed by atoms with Crippen LogP contribution in [0.15, 0.2) is 77.8 Å². The van der Waals surface area contributed by atoms with Gasteiger partial charge in [0.1, 0.15) is 11.4 Å². The predicted molar refractivity (Wildman–Crippen MR) is 139 cm³/mol. The number of benzene rings is 2. The Labute approximate surface area is 227 Å². The van der Waals surface area contributed by atoms with Crippen molar-refractivity contribution in [2.75, 3.05) is 14.3 Å². The second-order valence-corrected chi connectivity index (χ2v) is 12.5. The molecule has 1 aliphatic heterocycles. The lowest BCUT2D eigenvalue weighted by molar-refractivity contribution is -0.123. The van der Waals surface area contributed by atoms with Gasteiger partial charge in [-0.1, -0.05) is 18.2 Å². The van der Waals surface area contributed by atoms with Crippen LogP contribution >= 0.6 is 0 Å². The standard InChI is InChI=1S/C24H22F3N5O6S2/c1-23(2)21(33)32(18-8-10-19(11-9-18)39(35,36)24(25,26)27)22(34)31(23)15-16-12-13-28-20(14-16)30-40(37,38)29-17-6-4-3-5-7-17/h3-14,29H,15H2,1-2H3,(H,28,30). The largest absolute Gasteiger partial charge is 0.501 e. The van der Waals surface area contributed by atoms with Crippen LogP contribution < -0.4 is 14.3 Å². The van der Waals surface area contributed by atoms with Crippen molar-refractivity contribution in [2.45, 2.75) is 36.3 Å². The van der Waals surface area contributed by atoms with E-state index in [1.165, 1.54) is 37.1 Å². The first-order valence-corrected chi connectivity index (χ1v) is 14.4. The number of hydrogen-bond donors (Lipinski definition) is 2. The molecule has 11 nitrogen and oxygen atoms in total. The Morgan fingerprint density at radius 2 is 1.52 bits per heavy atom. The van der Waals surface area contributed by atoms with Crippen LogP contribution in [0.4, 0.5) is 35.2 Å². The van der Waals surface area contributed by atoms with Gasteiger partial charge in [-0.2, -0.15) is 21.6 Å². The number of rotatable bonds is 8. The number of nitrogens with zero attached hydrogens (tertiary/aromatic N) is 3. The van der Waals surface area contributed by atoms with Crippen LogP contribution in [0.3, 0.4) is 0 Å². The van der Waals surface area contributed by atoms with Crippen LogP contribution in [0, 0.1) is 0 Å². The molecular formula is C24H22F3N5O6S2. The number of halogens is 3. The van der Waals surface area contributed by atoms with Gasteiger partial charge >= 0.3 is 21.7 Å². The van der Waals surface area contributed by atoms with Crippen LogP contribution in [-0.2, 0) is 31.4 Å². The summed E-state index contributed by atoms with van der Waals surface area (Å²) < 4.78 is 91.5. The highest BCUT2D eigenvalue weighted by atomic mass is 32.2. The van der Waals surface area contributed by atoms with Crippen LogP contribution in [0.1, 0.15) is 19.4 Å². The number of para-hydroxylation sites is 1. The molecule has 2 heterocycles. The van der Waals surface area contributed by atoms with Crippen LogP contribution in [-0.4, -0.2) is 49.7 Å². The lowest BCUT2D eigenvalue weighted by Gasteiger charge is -2.27. The zero-order valence-electron chi connectivity index (χ0n) is 20.9. The number of nitrogens with one attached hydrogen (secondary N) is 2. The fourth-order valence-corrected chi connectivity index (χ4v) is 5.52. The fourth-order valence-electron chi connectivity index (χ4n) is 3.87. The van der Waals surface area contributed by atoms with Crippen molar-refractivity contribution in [3.8, 4) is 0 Å². The first kappa shape index (κ1) is 28.8. The van der Waals surface area contributed by atoms with E-state index in [2.05, 4.69) is 14.4 Å². The number of hydrogen-bond acceptors (Lipinski definition) is 7. The summed E-state index contributed by atoms with van der Waals surface area (Å²) >= 11 is 0. The van der Waals surface area contributed by atoms with E-state index in [9.17, 15) is 39.6 Å². The molecule has 0 aliphatic carbocycles. The van der Waals surface area contributed by atoms with Crippen LogP contribution in [0.2, 0.25) is 0 Å². The first-order chi connectivity index (χ1) is 18.5. The minimum atomic E-state index is -5.61. The molecule has 0 unspecified atom stereocenters. The second-order valence-electron chi connectivity index (χ2n) is 9.13. The maximum absolute atomic E-state index is 13.3. The molecule has 0 bridgehead atoms. The van der Waals surface area contributed by atoms with Crippen molar-refractivity contribution in [2.24, 2.45) is 0 Å². The Hall–Kier alpha value is -4.18. The second kappa shape index (κ2) is 10.1. The van der Waals surface area contributed by atoms with Gasteiger partial charge in [-0.25, -0.2) is 23.1 Å². The van der Waals surface area contributed by atoms with Gasteiger partial charge in [0, 0.05) is 12.7 Å².